The van der Waals surface area contributed by atoms with Crippen molar-refractivity contribution in [2.24, 2.45) is 4.99 Å². The van der Waals surface area contributed by atoms with Gasteiger partial charge in [-0.05, 0) is 36.6 Å². The predicted molar refractivity (Wildman–Crippen MR) is 122 cm³/mol. The molecule has 2 heterocycles. The van der Waals surface area contributed by atoms with Gasteiger partial charge in [-0.1, -0.05) is 40.2 Å². The van der Waals surface area contributed by atoms with E-state index in [1.165, 1.54) is 22.9 Å². The van der Waals surface area contributed by atoms with Gasteiger partial charge in [0.1, 0.15) is 0 Å². The highest BCUT2D eigenvalue weighted by atomic mass is 127. The van der Waals surface area contributed by atoms with Crippen LogP contribution in [0.5, 0.6) is 0 Å². The molecule has 2 aromatic heterocycles. The van der Waals surface area contributed by atoms with Crippen molar-refractivity contribution in [1.29, 1.82) is 0 Å². The smallest absolute Gasteiger partial charge is 0.191 e. The number of aromatic nitrogens is 3. The zero-order chi connectivity index (χ0) is 18.0. The van der Waals surface area contributed by atoms with Crippen LogP contribution in [0.1, 0.15) is 24.2 Å². The van der Waals surface area contributed by atoms with Crippen LogP contribution in [-0.4, -0.2) is 34.2 Å². The number of halogens is 2. The van der Waals surface area contributed by atoms with Crippen LogP contribution in [0, 0.1) is 0 Å². The van der Waals surface area contributed by atoms with Gasteiger partial charge >= 0.3 is 0 Å². The lowest BCUT2D eigenvalue weighted by Gasteiger charge is -2.20. The van der Waals surface area contributed by atoms with Crippen LogP contribution < -0.4 is 10.6 Å². The Morgan fingerprint density at radius 2 is 1.93 bits per heavy atom. The van der Waals surface area contributed by atoms with E-state index in [9.17, 15) is 0 Å². The summed E-state index contributed by atoms with van der Waals surface area (Å²) in [5.74, 6) is 1.63. The lowest BCUT2D eigenvalue weighted by molar-refractivity contribution is 0.640. The first-order valence-corrected chi connectivity index (χ1v) is 9.49. The van der Waals surface area contributed by atoms with Crippen molar-refractivity contribution in [3.63, 3.8) is 0 Å². The third-order valence-corrected chi connectivity index (χ3v) is 5.61. The molecule has 0 bridgehead atoms. The molecule has 2 N–H and O–H groups in total. The number of benzene rings is 1. The summed E-state index contributed by atoms with van der Waals surface area (Å²) >= 11 is 3.68. The number of fused-ring (bicyclic) bond motifs is 1. The summed E-state index contributed by atoms with van der Waals surface area (Å²) in [6.45, 7) is 1.42. The first-order valence-electron chi connectivity index (χ1n) is 8.70. The van der Waals surface area contributed by atoms with E-state index in [1.807, 2.05) is 28.8 Å². The van der Waals surface area contributed by atoms with Crippen molar-refractivity contribution in [1.82, 2.24) is 25.2 Å². The van der Waals surface area contributed by atoms with E-state index in [0.717, 1.165) is 24.0 Å². The Morgan fingerprint density at radius 3 is 2.67 bits per heavy atom. The molecule has 3 aromatic rings. The SMILES string of the molecule is CN=C(NCc1nnc2ccccn12)NCC1(c2ccccc2Br)CC1.I. The molecule has 6 nitrogen and oxygen atoms in total. The van der Waals surface area contributed by atoms with Crippen LogP contribution in [0.3, 0.4) is 0 Å². The maximum Gasteiger partial charge on any atom is 0.191 e. The second-order valence-electron chi connectivity index (χ2n) is 6.58. The van der Waals surface area contributed by atoms with Crippen LogP contribution in [0.15, 0.2) is 58.1 Å². The number of nitrogens with zero attached hydrogens (tertiary/aromatic N) is 4. The number of rotatable bonds is 5. The maximum atomic E-state index is 4.34. The minimum atomic E-state index is 0. The van der Waals surface area contributed by atoms with Crippen LogP contribution in [-0.2, 0) is 12.0 Å². The molecule has 4 rings (SSSR count). The first-order chi connectivity index (χ1) is 12.7. The summed E-state index contributed by atoms with van der Waals surface area (Å²) in [4.78, 5) is 4.34. The number of guanidine groups is 1. The molecular formula is C19H22BrIN6. The van der Waals surface area contributed by atoms with Crippen LogP contribution in [0.4, 0.5) is 0 Å². The van der Waals surface area contributed by atoms with Crippen LogP contribution in [0.2, 0.25) is 0 Å². The third kappa shape index (κ3) is 4.26. The number of hydrogen-bond donors (Lipinski definition) is 2. The largest absolute Gasteiger partial charge is 0.356 e. The molecule has 0 spiro atoms. The summed E-state index contributed by atoms with van der Waals surface area (Å²) in [6, 6.07) is 14.3. The summed E-state index contributed by atoms with van der Waals surface area (Å²) in [6.07, 6.45) is 4.34. The fraction of sp³-hybridized carbons (Fsp3) is 0.316. The van der Waals surface area contributed by atoms with Crippen molar-refractivity contribution in [2.75, 3.05) is 13.6 Å². The molecule has 8 heteroatoms. The average Bonchev–Trinajstić information content (AvgIpc) is 3.35. The van der Waals surface area contributed by atoms with Gasteiger partial charge in [0.25, 0.3) is 0 Å². The molecule has 0 aliphatic heterocycles. The van der Waals surface area contributed by atoms with Gasteiger partial charge in [-0.2, -0.15) is 0 Å². The van der Waals surface area contributed by atoms with Gasteiger partial charge in [-0.25, -0.2) is 0 Å². The topological polar surface area (TPSA) is 66.6 Å². The first kappa shape index (κ1) is 20.1. The molecule has 1 fully saturated rings. The molecule has 0 atom stereocenters. The van der Waals surface area contributed by atoms with Gasteiger partial charge in [-0.15, -0.1) is 34.2 Å². The highest BCUT2D eigenvalue weighted by Gasteiger charge is 2.45. The molecule has 1 aliphatic carbocycles. The molecule has 0 amide bonds. The van der Waals surface area contributed by atoms with E-state index in [-0.39, 0.29) is 29.4 Å². The molecular weight excluding hydrogens is 519 g/mol. The van der Waals surface area contributed by atoms with E-state index in [2.05, 4.69) is 66.0 Å². The molecule has 0 radical (unpaired) electrons. The molecule has 27 heavy (non-hydrogen) atoms. The van der Waals surface area contributed by atoms with Crippen molar-refractivity contribution in [3.05, 3.63) is 64.5 Å². The average molecular weight is 541 g/mol. The Balaban J connectivity index is 0.00000210. The normalized spacial score (nSPS) is 15.3. The number of aliphatic imine (C=N–C) groups is 1. The lowest BCUT2D eigenvalue weighted by Crippen LogP contribution is -2.41. The zero-order valence-electron chi connectivity index (χ0n) is 15.0. The van der Waals surface area contributed by atoms with Gasteiger partial charge in [0.15, 0.2) is 17.4 Å². The summed E-state index contributed by atoms with van der Waals surface area (Å²) in [5.41, 5.74) is 2.41. The van der Waals surface area contributed by atoms with E-state index >= 15 is 0 Å². The van der Waals surface area contributed by atoms with E-state index in [1.54, 1.807) is 7.05 Å². The fourth-order valence-electron chi connectivity index (χ4n) is 3.23. The Bertz CT molecular complexity index is 950. The molecule has 1 saturated carbocycles. The number of nitrogens with one attached hydrogen (secondary N) is 2. The molecule has 1 aromatic carbocycles. The van der Waals surface area contributed by atoms with Crippen LogP contribution in [0.25, 0.3) is 5.65 Å². The molecule has 142 valence electrons. The van der Waals surface area contributed by atoms with Crippen molar-refractivity contribution >= 4 is 51.5 Å². The zero-order valence-corrected chi connectivity index (χ0v) is 18.9. The third-order valence-electron chi connectivity index (χ3n) is 4.91. The molecule has 0 unspecified atom stereocenters. The second kappa shape index (κ2) is 8.55. The summed E-state index contributed by atoms with van der Waals surface area (Å²) in [7, 11) is 1.79. The Kier molecular flexibility index (Phi) is 6.36. The van der Waals surface area contributed by atoms with Crippen molar-refractivity contribution in [3.8, 4) is 0 Å². The predicted octanol–water partition coefficient (Wildman–Crippen LogP) is 3.51. The Labute approximate surface area is 184 Å². The van der Waals surface area contributed by atoms with Gasteiger partial charge < -0.3 is 10.6 Å². The van der Waals surface area contributed by atoms with Gasteiger partial charge in [0.05, 0.1) is 6.54 Å². The Morgan fingerprint density at radius 1 is 1.15 bits per heavy atom. The number of pyridine rings is 1. The van der Waals surface area contributed by atoms with E-state index in [4.69, 9.17) is 0 Å². The van der Waals surface area contributed by atoms with Gasteiger partial charge in [0.2, 0.25) is 0 Å². The molecule has 1 aliphatic rings. The fourth-order valence-corrected chi connectivity index (χ4v) is 3.94. The number of hydrogen-bond acceptors (Lipinski definition) is 3. The molecule has 0 saturated heterocycles. The minimum Gasteiger partial charge on any atom is -0.356 e. The summed E-state index contributed by atoms with van der Waals surface area (Å²) in [5, 5.41) is 15.2. The standard InChI is InChI=1S/C19H21BrN6.HI/c1-21-18(22-12-17-25-24-16-8-4-5-11-26(16)17)23-13-19(9-10-19)14-6-2-3-7-15(14)20;/h2-8,11H,9-10,12-13H2,1H3,(H2,21,22,23);1H. The van der Waals surface area contributed by atoms with Gasteiger partial charge in [0, 0.05) is 29.7 Å². The van der Waals surface area contributed by atoms with E-state index < -0.39 is 0 Å². The van der Waals surface area contributed by atoms with Crippen LogP contribution >= 0.6 is 39.9 Å². The highest BCUT2D eigenvalue weighted by molar-refractivity contribution is 14.0. The van der Waals surface area contributed by atoms with E-state index in [0.29, 0.717) is 6.54 Å². The second-order valence-corrected chi connectivity index (χ2v) is 7.44. The van der Waals surface area contributed by atoms with Crippen molar-refractivity contribution in [2.45, 2.75) is 24.8 Å². The quantitative estimate of drug-likeness (QED) is 0.295. The minimum absolute atomic E-state index is 0. The Hall–Kier alpha value is -1.68. The summed E-state index contributed by atoms with van der Waals surface area (Å²) < 4.78 is 3.15. The van der Waals surface area contributed by atoms with Crippen molar-refractivity contribution < 1.29 is 0 Å². The highest BCUT2D eigenvalue weighted by Crippen LogP contribution is 2.49. The maximum absolute atomic E-state index is 4.34. The van der Waals surface area contributed by atoms with Gasteiger partial charge in [-0.3, -0.25) is 9.39 Å². The monoisotopic (exact) mass is 540 g/mol. The lowest BCUT2D eigenvalue weighted by atomic mass is 9.96.